The van der Waals surface area contributed by atoms with Gasteiger partial charge in [0.15, 0.2) is 5.96 Å². The van der Waals surface area contributed by atoms with Crippen LogP contribution in [0.5, 0.6) is 0 Å². The van der Waals surface area contributed by atoms with E-state index >= 15 is 0 Å². The summed E-state index contributed by atoms with van der Waals surface area (Å²) in [4.78, 5) is 4.30. The molecule has 0 saturated carbocycles. The molecule has 0 spiro atoms. The minimum atomic E-state index is 0.384. The molecular formula is C15H16ClN3. The zero-order valence-electron chi connectivity index (χ0n) is 10.7. The average Bonchev–Trinajstić information content (AvgIpc) is 2.42. The number of rotatable bonds is 3. The van der Waals surface area contributed by atoms with Gasteiger partial charge in [-0.2, -0.15) is 0 Å². The maximum Gasteiger partial charge on any atom is 0.193 e. The van der Waals surface area contributed by atoms with Gasteiger partial charge >= 0.3 is 0 Å². The Bertz CT molecular complexity index is 579. The van der Waals surface area contributed by atoms with Crippen LogP contribution in [0.4, 0.5) is 5.69 Å². The first-order valence-corrected chi connectivity index (χ1v) is 6.40. The highest BCUT2D eigenvalue weighted by Gasteiger charge is 2.00. The Morgan fingerprint density at radius 3 is 2.68 bits per heavy atom. The minimum absolute atomic E-state index is 0.384. The third-order valence-electron chi connectivity index (χ3n) is 2.74. The highest BCUT2D eigenvalue weighted by atomic mass is 35.5. The molecule has 2 aromatic rings. The average molecular weight is 274 g/mol. The van der Waals surface area contributed by atoms with E-state index in [0.717, 1.165) is 16.8 Å². The summed E-state index contributed by atoms with van der Waals surface area (Å²) >= 11 is 5.95. The second-order valence-electron chi connectivity index (χ2n) is 4.27. The molecule has 2 rings (SSSR count). The SMILES string of the molecule is Cc1ccc(Cl)cc1NC(N)=NCc1ccccc1. The predicted molar refractivity (Wildman–Crippen MR) is 81.6 cm³/mol. The van der Waals surface area contributed by atoms with Gasteiger partial charge in [0, 0.05) is 10.7 Å². The van der Waals surface area contributed by atoms with Crippen LogP contribution < -0.4 is 11.1 Å². The predicted octanol–water partition coefficient (Wildman–Crippen LogP) is 3.58. The summed E-state index contributed by atoms with van der Waals surface area (Å²) in [6.45, 7) is 2.54. The molecule has 0 aliphatic rings. The van der Waals surface area contributed by atoms with Crippen molar-refractivity contribution in [2.75, 3.05) is 5.32 Å². The largest absolute Gasteiger partial charge is 0.370 e. The molecular weight excluding hydrogens is 258 g/mol. The van der Waals surface area contributed by atoms with Crippen LogP contribution in [0.1, 0.15) is 11.1 Å². The van der Waals surface area contributed by atoms with Crippen LogP contribution in [0.25, 0.3) is 0 Å². The van der Waals surface area contributed by atoms with Crippen LogP contribution in [0.15, 0.2) is 53.5 Å². The van der Waals surface area contributed by atoms with Crippen LogP contribution in [-0.2, 0) is 6.54 Å². The second kappa shape index (κ2) is 6.25. The lowest BCUT2D eigenvalue weighted by atomic mass is 10.2. The molecule has 0 bridgehead atoms. The number of aryl methyl sites for hydroxylation is 1. The first kappa shape index (κ1) is 13.4. The fourth-order valence-electron chi connectivity index (χ4n) is 1.67. The number of anilines is 1. The van der Waals surface area contributed by atoms with Crippen LogP contribution in [0.3, 0.4) is 0 Å². The third-order valence-corrected chi connectivity index (χ3v) is 2.97. The molecule has 4 heteroatoms. The maximum absolute atomic E-state index is 5.95. The molecule has 0 aliphatic heterocycles. The third kappa shape index (κ3) is 4.00. The van der Waals surface area contributed by atoms with Gasteiger partial charge < -0.3 is 11.1 Å². The lowest BCUT2D eigenvalue weighted by molar-refractivity contribution is 1.06. The van der Waals surface area contributed by atoms with Crippen molar-refractivity contribution in [3.8, 4) is 0 Å². The van der Waals surface area contributed by atoms with Crippen molar-refractivity contribution in [1.29, 1.82) is 0 Å². The quantitative estimate of drug-likeness (QED) is 0.663. The van der Waals surface area contributed by atoms with E-state index in [1.54, 1.807) is 0 Å². The van der Waals surface area contributed by atoms with E-state index in [4.69, 9.17) is 17.3 Å². The van der Waals surface area contributed by atoms with Crippen LogP contribution >= 0.6 is 11.6 Å². The zero-order valence-corrected chi connectivity index (χ0v) is 11.5. The summed E-state index contributed by atoms with van der Waals surface area (Å²) in [5.41, 5.74) is 8.94. The van der Waals surface area contributed by atoms with Crippen molar-refractivity contribution in [2.24, 2.45) is 10.7 Å². The second-order valence-corrected chi connectivity index (χ2v) is 4.71. The van der Waals surface area contributed by atoms with Gasteiger partial charge in [0.2, 0.25) is 0 Å². The van der Waals surface area contributed by atoms with E-state index < -0.39 is 0 Å². The fraction of sp³-hybridized carbons (Fsp3) is 0.133. The number of hydrogen-bond acceptors (Lipinski definition) is 1. The van der Waals surface area contributed by atoms with Gasteiger partial charge in [-0.3, -0.25) is 0 Å². The number of halogens is 1. The number of nitrogens with zero attached hydrogens (tertiary/aromatic N) is 1. The standard InChI is InChI=1S/C15H16ClN3/c1-11-7-8-13(16)9-14(11)19-15(17)18-10-12-5-3-2-4-6-12/h2-9H,10H2,1H3,(H3,17,18,19). The molecule has 0 aliphatic carbocycles. The zero-order chi connectivity index (χ0) is 13.7. The van der Waals surface area contributed by atoms with E-state index in [2.05, 4.69) is 10.3 Å². The minimum Gasteiger partial charge on any atom is -0.370 e. The molecule has 0 fully saturated rings. The number of nitrogens with one attached hydrogen (secondary N) is 1. The summed E-state index contributed by atoms with van der Waals surface area (Å²) < 4.78 is 0. The summed E-state index contributed by atoms with van der Waals surface area (Å²) in [5, 5.41) is 3.73. The summed E-state index contributed by atoms with van der Waals surface area (Å²) in [5.74, 6) is 0.384. The molecule has 2 aromatic carbocycles. The van der Waals surface area contributed by atoms with Crippen LogP contribution in [-0.4, -0.2) is 5.96 Å². The Hall–Kier alpha value is -2.00. The summed E-state index contributed by atoms with van der Waals surface area (Å²) in [6.07, 6.45) is 0. The molecule has 0 saturated heterocycles. The van der Waals surface area contributed by atoms with Gasteiger partial charge in [0.1, 0.15) is 0 Å². The van der Waals surface area contributed by atoms with E-state index in [-0.39, 0.29) is 0 Å². The van der Waals surface area contributed by atoms with Crippen molar-refractivity contribution in [2.45, 2.75) is 13.5 Å². The molecule has 19 heavy (non-hydrogen) atoms. The summed E-state index contributed by atoms with van der Waals surface area (Å²) in [6, 6.07) is 15.6. The van der Waals surface area contributed by atoms with Crippen molar-refractivity contribution in [3.63, 3.8) is 0 Å². The summed E-state index contributed by atoms with van der Waals surface area (Å²) in [7, 11) is 0. The number of guanidine groups is 1. The van der Waals surface area contributed by atoms with Gasteiger partial charge in [-0.1, -0.05) is 48.0 Å². The number of hydrogen-bond donors (Lipinski definition) is 2. The van der Waals surface area contributed by atoms with Crippen molar-refractivity contribution < 1.29 is 0 Å². The fourth-order valence-corrected chi connectivity index (χ4v) is 1.84. The van der Waals surface area contributed by atoms with Gasteiger partial charge in [0.25, 0.3) is 0 Å². The van der Waals surface area contributed by atoms with E-state index in [9.17, 15) is 0 Å². The molecule has 3 N–H and O–H groups in total. The number of aliphatic imine (C=N–C) groups is 1. The van der Waals surface area contributed by atoms with Crippen LogP contribution in [0, 0.1) is 6.92 Å². The number of nitrogens with two attached hydrogens (primary N) is 1. The van der Waals surface area contributed by atoms with E-state index in [1.165, 1.54) is 0 Å². The lowest BCUT2D eigenvalue weighted by Crippen LogP contribution is -2.23. The molecule has 98 valence electrons. The molecule has 0 amide bonds. The van der Waals surface area contributed by atoms with Gasteiger partial charge in [0.05, 0.1) is 6.54 Å². The Morgan fingerprint density at radius 1 is 1.21 bits per heavy atom. The highest BCUT2D eigenvalue weighted by Crippen LogP contribution is 2.19. The van der Waals surface area contributed by atoms with E-state index in [1.807, 2.05) is 55.5 Å². The topological polar surface area (TPSA) is 50.4 Å². The molecule has 0 aromatic heterocycles. The Labute approximate surface area is 118 Å². The Balaban J connectivity index is 2.04. The molecule has 0 radical (unpaired) electrons. The smallest absolute Gasteiger partial charge is 0.193 e. The maximum atomic E-state index is 5.95. The van der Waals surface area contributed by atoms with E-state index in [0.29, 0.717) is 17.5 Å². The van der Waals surface area contributed by atoms with Gasteiger partial charge in [-0.25, -0.2) is 4.99 Å². The van der Waals surface area contributed by atoms with Crippen molar-refractivity contribution >= 4 is 23.2 Å². The molecule has 0 atom stereocenters. The molecule has 3 nitrogen and oxygen atoms in total. The van der Waals surface area contributed by atoms with Crippen molar-refractivity contribution in [1.82, 2.24) is 0 Å². The normalized spacial score (nSPS) is 11.4. The van der Waals surface area contributed by atoms with Gasteiger partial charge in [-0.15, -0.1) is 0 Å². The molecule has 0 unspecified atom stereocenters. The van der Waals surface area contributed by atoms with Crippen molar-refractivity contribution in [3.05, 3.63) is 64.7 Å². The molecule has 0 heterocycles. The van der Waals surface area contributed by atoms with Crippen LogP contribution in [0.2, 0.25) is 5.02 Å². The van der Waals surface area contributed by atoms with Gasteiger partial charge in [-0.05, 0) is 30.2 Å². The lowest BCUT2D eigenvalue weighted by Gasteiger charge is -2.09. The monoisotopic (exact) mass is 273 g/mol. The number of benzene rings is 2. The highest BCUT2D eigenvalue weighted by molar-refractivity contribution is 6.31. The first-order chi connectivity index (χ1) is 9.15. The Kier molecular flexibility index (Phi) is 4.42. The Morgan fingerprint density at radius 2 is 1.95 bits per heavy atom. The first-order valence-electron chi connectivity index (χ1n) is 6.02.